The number of halogens is 4. The fourth-order valence-electron chi connectivity index (χ4n) is 4.33. The quantitative estimate of drug-likeness (QED) is 0.371. The van der Waals surface area contributed by atoms with Crippen LogP contribution >= 0.6 is 11.6 Å². The molecule has 0 amide bonds. The first-order valence-corrected chi connectivity index (χ1v) is 12.8. The van der Waals surface area contributed by atoms with Crippen molar-refractivity contribution in [1.29, 1.82) is 0 Å². The van der Waals surface area contributed by atoms with Gasteiger partial charge in [-0.3, -0.25) is 14.1 Å². The number of benzene rings is 1. The van der Waals surface area contributed by atoms with E-state index < -0.39 is 28.2 Å². The van der Waals surface area contributed by atoms with E-state index in [1.165, 1.54) is 23.0 Å². The lowest BCUT2D eigenvalue weighted by molar-refractivity contribution is -0.140. The smallest absolute Gasteiger partial charge is 0.343 e. The summed E-state index contributed by atoms with van der Waals surface area (Å²) in [5.41, 5.74) is 1.95. The summed E-state index contributed by atoms with van der Waals surface area (Å²) in [5, 5.41) is 1.32. The Morgan fingerprint density at radius 3 is 2.50 bits per heavy atom. The molecule has 0 fully saturated rings. The van der Waals surface area contributed by atoms with Crippen LogP contribution in [0.4, 0.5) is 13.2 Å². The number of hydrogen-bond acceptors (Lipinski definition) is 4. The number of fused-ring (bicyclic) bond motifs is 2. The van der Waals surface area contributed by atoms with Gasteiger partial charge >= 0.3 is 11.9 Å². The third kappa shape index (κ3) is 5.00. The summed E-state index contributed by atoms with van der Waals surface area (Å²) in [6, 6.07) is 6.75. The molecular formula is C22H22ClF3N4O3S. The number of sulfone groups is 1. The van der Waals surface area contributed by atoms with Gasteiger partial charge in [0.15, 0.2) is 0 Å². The topological polar surface area (TPSA) is 78.9 Å². The van der Waals surface area contributed by atoms with E-state index in [0.29, 0.717) is 28.2 Å². The lowest BCUT2D eigenvalue weighted by Crippen LogP contribution is -2.30. The van der Waals surface area contributed by atoms with Gasteiger partial charge in [0, 0.05) is 35.1 Å². The van der Waals surface area contributed by atoms with Crippen LogP contribution in [0.5, 0.6) is 0 Å². The molecule has 0 saturated carbocycles. The maximum Gasteiger partial charge on any atom is 0.406 e. The van der Waals surface area contributed by atoms with Gasteiger partial charge in [-0.1, -0.05) is 11.6 Å². The summed E-state index contributed by atoms with van der Waals surface area (Å²) in [7, 11) is -3.18. The number of alkyl halides is 3. The summed E-state index contributed by atoms with van der Waals surface area (Å²) in [6.07, 6.45) is -0.367. The Hall–Kier alpha value is -2.79. The van der Waals surface area contributed by atoms with Crippen molar-refractivity contribution >= 4 is 43.4 Å². The summed E-state index contributed by atoms with van der Waals surface area (Å²) < 4.78 is 66.6. The molecule has 7 nitrogen and oxygen atoms in total. The highest BCUT2D eigenvalue weighted by Crippen LogP contribution is 2.29. The largest absolute Gasteiger partial charge is 0.406 e. The van der Waals surface area contributed by atoms with E-state index in [1.807, 2.05) is 17.6 Å². The molecule has 0 radical (unpaired) electrons. The number of nitrogens with zero attached hydrogens (tertiary/aromatic N) is 4. The maximum absolute atomic E-state index is 13.2. The lowest BCUT2D eigenvalue weighted by atomic mass is 10.1. The van der Waals surface area contributed by atoms with Gasteiger partial charge in [-0.05, 0) is 43.2 Å². The molecule has 3 heterocycles. The highest BCUT2D eigenvalue weighted by Gasteiger charge is 2.31. The van der Waals surface area contributed by atoms with Gasteiger partial charge in [0.1, 0.15) is 16.4 Å². The van der Waals surface area contributed by atoms with Gasteiger partial charge in [-0.25, -0.2) is 13.2 Å². The Kier molecular flexibility index (Phi) is 6.28. The zero-order valence-corrected chi connectivity index (χ0v) is 20.0. The first kappa shape index (κ1) is 24.3. The molecule has 0 unspecified atom stereocenters. The van der Waals surface area contributed by atoms with Crippen molar-refractivity contribution < 1.29 is 21.6 Å². The highest BCUT2D eigenvalue weighted by atomic mass is 35.5. The second-order valence-electron chi connectivity index (χ2n) is 8.37. The van der Waals surface area contributed by atoms with Crippen LogP contribution in [0.3, 0.4) is 0 Å². The zero-order chi connectivity index (χ0) is 24.8. The molecule has 12 heteroatoms. The van der Waals surface area contributed by atoms with E-state index in [9.17, 15) is 26.4 Å². The molecule has 34 heavy (non-hydrogen) atoms. The normalized spacial score (nSPS) is 12.8. The first-order valence-electron chi connectivity index (χ1n) is 10.4. The van der Waals surface area contributed by atoms with E-state index in [0.717, 1.165) is 22.7 Å². The van der Waals surface area contributed by atoms with Crippen molar-refractivity contribution in [2.24, 2.45) is 0 Å². The van der Waals surface area contributed by atoms with Crippen LogP contribution < -0.4 is 5.69 Å². The third-order valence-electron chi connectivity index (χ3n) is 5.61. The first-order chi connectivity index (χ1) is 15.8. The van der Waals surface area contributed by atoms with Gasteiger partial charge in [-0.2, -0.15) is 13.2 Å². The van der Waals surface area contributed by atoms with Gasteiger partial charge in [0.05, 0.1) is 35.0 Å². The third-order valence-corrected chi connectivity index (χ3v) is 6.86. The van der Waals surface area contributed by atoms with E-state index in [1.54, 1.807) is 12.1 Å². The molecule has 3 aromatic heterocycles. The predicted octanol–water partition coefficient (Wildman–Crippen LogP) is 4.16. The minimum absolute atomic E-state index is 0.0174. The molecule has 0 aliphatic heterocycles. The summed E-state index contributed by atoms with van der Waals surface area (Å²) in [5.74, 6) is -0.0203. The molecule has 0 aliphatic carbocycles. The molecule has 0 bridgehead atoms. The van der Waals surface area contributed by atoms with E-state index in [2.05, 4.69) is 4.98 Å². The van der Waals surface area contributed by atoms with Crippen LogP contribution in [0.2, 0.25) is 5.02 Å². The number of rotatable bonds is 7. The SMILES string of the molecule is Cc1cc(Cl)cc2cc(Cn3c(=O)n(CC(F)(F)F)c4ccncc43)n(CCCS(C)(=O)=O)c12. The number of imidazole rings is 1. The van der Waals surface area contributed by atoms with Crippen LogP contribution in [-0.2, 0) is 29.5 Å². The van der Waals surface area contributed by atoms with Crippen molar-refractivity contribution in [3.63, 3.8) is 0 Å². The molecule has 4 rings (SSSR count). The molecule has 1 aromatic carbocycles. The Morgan fingerprint density at radius 1 is 1.09 bits per heavy atom. The predicted molar refractivity (Wildman–Crippen MR) is 125 cm³/mol. The Balaban J connectivity index is 1.85. The van der Waals surface area contributed by atoms with Crippen molar-refractivity contribution in [2.45, 2.75) is 39.2 Å². The van der Waals surface area contributed by atoms with Crippen LogP contribution in [0.1, 0.15) is 17.7 Å². The molecule has 0 atom stereocenters. The van der Waals surface area contributed by atoms with Gasteiger partial charge in [-0.15, -0.1) is 0 Å². The fraction of sp³-hybridized carbons (Fsp3) is 0.364. The number of aromatic nitrogens is 4. The number of hydrogen-bond donors (Lipinski definition) is 0. The van der Waals surface area contributed by atoms with Crippen molar-refractivity contribution in [1.82, 2.24) is 18.7 Å². The van der Waals surface area contributed by atoms with Crippen molar-refractivity contribution in [3.05, 3.63) is 63.4 Å². The van der Waals surface area contributed by atoms with Gasteiger partial charge in [0.2, 0.25) is 0 Å². The maximum atomic E-state index is 13.2. The molecule has 4 aromatic rings. The van der Waals surface area contributed by atoms with Crippen molar-refractivity contribution in [2.75, 3.05) is 12.0 Å². The second kappa shape index (κ2) is 8.77. The molecule has 0 aliphatic rings. The standard InChI is InChI=1S/C22H22ClF3N4O3S/c1-14-8-16(23)9-15-10-17(28(20(14)15)6-3-7-34(2,32)33)12-29-19-11-27-5-4-18(19)30(21(29)31)13-22(24,25)26/h4-5,8-11H,3,6-7,12-13H2,1-2H3. The van der Waals surface area contributed by atoms with E-state index in [4.69, 9.17) is 11.6 Å². The molecule has 0 saturated heterocycles. The van der Waals surface area contributed by atoms with Gasteiger partial charge in [0.25, 0.3) is 0 Å². The van der Waals surface area contributed by atoms with Gasteiger partial charge < -0.3 is 4.57 Å². The average molecular weight is 515 g/mol. The van der Waals surface area contributed by atoms with E-state index >= 15 is 0 Å². The summed E-state index contributed by atoms with van der Waals surface area (Å²) in [4.78, 5) is 17.0. The lowest BCUT2D eigenvalue weighted by Gasteiger charge is -2.13. The monoisotopic (exact) mass is 514 g/mol. The summed E-state index contributed by atoms with van der Waals surface area (Å²) in [6.45, 7) is 0.792. The molecular weight excluding hydrogens is 493 g/mol. The fourth-order valence-corrected chi connectivity index (χ4v) is 5.26. The number of aryl methyl sites for hydroxylation is 2. The van der Waals surface area contributed by atoms with Crippen LogP contribution in [0.25, 0.3) is 21.9 Å². The summed E-state index contributed by atoms with van der Waals surface area (Å²) >= 11 is 6.22. The molecule has 182 valence electrons. The van der Waals surface area contributed by atoms with Crippen LogP contribution in [-0.4, -0.2) is 45.3 Å². The molecule has 0 spiro atoms. The van der Waals surface area contributed by atoms with Crippen LogP contribution in [0.15, 0.2) is 41.5 Å². The minimum Gasteiger partial charge on any atom is -0.343 e. The highest BCUT2D eigenvalue weighted by molar-refractivity contribution is 7.90. The zero-order valence-electron chi connectivity index (χ0n) is 18.4. The van der Waals surface area contributed by atoms with E-state index in [-0.39, 0.29) is 23.3 Å². The Bertz CT molecular complexity index is 1550. The minimum atomic E-state index is -4.57. The average Bonchev–Trinajstić information content (AvgIpc) is 3.17. The Labute approximate surface area is 198 Å². The number of pyridine rings is 1. The Morgan fingerprint density at radius 2 is 1.82 bits per heavy atom. The second-order valence-corrected chi connectivity index (χ2v) is 11.1. The molecule has 0 N–H and O–H groups in total. The van der Waals surface area contributed by atoms with Crippen molar-refractivity contribution in [3.8, 4) is 0 Å². The van der Waals surface area contributed by atoms with Crippen LogP contribution in [0, 0.1) is 6.92 Å².